The lowest BCUT2D eigenvalue weighted by molar-refractivity contribution is -0.140. The van der Waals surface area contributed by atoms with Crippen molar-refractivity contribution in [2.75, 3.05) is 13.7 Å². The summed E-state index contributed by atoms with van der Waals surface area (Å²) in [4.78, 5) is 22.4. The van der Waals surface area contributed by atoms with Crippen LogP contribution >= 0.6 is 12.4 Å². The van der Waals surface area contributed by atoms with Gasteiger partial charge in [0.05, 0.1) is 13.5 Å². The summed E-state index contributed by atoms with van der Waals surface area (Å²) in [5.74, 6) is -0.554. The topological polar surface area (TPSA) is 81.4 Å². The number of hydrogen-bond donors (Lipinski definition) is 2. The number of nitrogens with one attached hydrogen (secondary N) is 1. The Morgan fingerprint density at radius 1 is 1.28 bits per heavy atom. The molecule has 18 heavy (non-hydrogen) atoms. The highest BCUT2D eigenvalue weighted by atomic mass is 35.5. The van der Waals surface area contributed by atoms with Gasteiger partial charge in [0, 0.05) is 18.7 Å². The predicted octanol–water partition coefficient (Wildman–Crippen LogP) is 0.860. The molecule has 0 heterocycles. The van der Waals surface area contributed by atoms with Crippen molar-refractivity contribution in [3.63, 3.8) is 0 Å². The Labute approximate surface area is 112 Å². The van der Waals surface area contributed by atoms with E-state index in [-0.39, 0.29) is 37.2 Å². The Hall–Kier alpha value is -1.59. The fourth-order valence-corrected chi connectivity index (χ4v) is 1.27. The molecule has 0 fully saturated rings. The Bertz CT molecular complexity index is 393. The molecular weight excluding hydrogens is 256 g/mol. The van der Waals surface area contributed by atoms with E-state index in [1.54, 1.807) is 24.3 Å². The monoisotopic (exact) mass is 272 g/mol. The molecule has 0 unspecified atom stereocenters. The molecule has 1 aromatic rings. The molecule has 0 aromatic heterocycles. The molecule has 0 aliphatic rings. The lowest BCUT2D eigenvalue weighted by atomic mass is 10.1. The number of hydrogen-bond acceptors (Lipinski definition) is 4. The first-order chi connectivity index (χ1) is 8.17. The van der Waals surface area contributed by atoms with Gasteiger partial charge in [-0.15, -0.1) is 12.4 Å². The van der Waals surface area contributed by atoms with Gasteiger partial charge in [-0.2, -0.15) is 0 Å². The quantitative estimate of drug-likeness (QED) is 0.779. The minimum atomic E-state index is -0.344. The van der Waals surface area contributed by atoms with Crippen molar-refractivity contribution in [2.45, 2.75) is 13.0 Å². The molecule has 0 radical (unpaired) electrons. The highest BCUT2D eigenvalue weighted by molar-refractivity contribution is 5.94. The Balaban J connectivity index is 0.00000289. The maximum atomic E-state index is 11.6. The standard InChI is InChI=1S/C12H16N2O3.ClH/c1-17-11(15)6-7-14-12(16)10-4-2-9(8-13)3-5-10;/h2-5H,6-8,13H2,1H3,(H,14,16);1H. The largest absolute Gasteiger partial charge is 0.469 e. The molecule has 0 aliphatic heterocycles. The normalized spacial score (nSPS) is 9.22. The summed E-state index contributed by atoms with van der Waals surface area (Å²) in [7, 11) is 1.32. The van der Waals surface area contributed by atoms with Gasteiger partial charge < -0.3 is 15.8 Å². The summed E-state index contributed by atoms with van der Waals surface area (Å²) in [5.41, 5.74) is 6.97. The molecule has 0 aliphatic carbocycles. The van der Waals surface area contributed by atoms with Gasteiger partial charge in [-0.05, 0) is 17.7 Å². The predicted molar refractivity (Wildman–Crippen MR) is 70.5 cm³/mol. The summed E-state index contributed by atoms with van der Waals surface area (Å²) < 4.78 is 4.46. The number of nitrogens with two attached hydrogens (primary N) is 1. The number of esters is 1. The van der Waals surface area contributed by atoms with Crippen LogP contribution in [-0.2, 0) is 16.1 Å². The molecular formula is C12H17ClN2O3. The zero-order chi connectivity index (χ0) is 12.7. The second kappa shape index (κ2) is 8.49. The van der Waals surface area contributed by atoms with Crippen LogP contribution in [0.25, 0.3) is 0 Å². The van der Waals surface area contributed by atoms with E-state index >= 15 is 0 Å². The van der Waals surface area contributed by atoms with Crippen LogP contribution in [0.3, 0.4) is 0 Å². The summed E-state index contributed by atoms with van der Waals surface area (Å²) in [6.07, 6.45) is 0.170. The molecule has 1 rings (SSSR count). The summed E-state index contributed by atoms with van der Waals surface area (Å²) in [6, 6.07) is 7.01. The van der Waals surface area contributed by atoms with E-state index < -0.39 is 0 Å². The van der Waals surface area contributed by atoms with Crippen LogP contribution in [0.5, 0.6) is 0 Å². The smallest absolute Gasteiger partial charge is 0.307 e. The number of methoxy groups -OCH3 is 1. The van der Waals surface area contributed by atoms with Crippen LogP contribution in [0.4, 0.5) is 0 Å². The van der Waals surface area contributed by atoms with Crippen molar-refractivity contribution in [3.8, 4) is 0 Å². The van der Waals surface area contributed by atoms with Crippen molar-refractivity contribution in [3.05, 3.63) is 35.4 Å². The number of ether oxygens (including phenoxy) is 1. The van der Waals surface area contributed by atoms with Gasteiger partial charge in [0.1, 0.15) is 0 Å². The van der Waals surface area contributed by atoms with Crippen molar-refractivity contribution < 1.29 is 14.3 Å². The average Bonchev–Trinajstić information content (AvgIpc) is 2.38. The zero-order valence-corrected chi connectivity index (χ0v) is 11.0. The van der Waals surface area contributed by atoms with Crippen molar-refractivity contribution >= 4 is 24.3 Å². The number of carbonyl (C=O) groups excluding carboxylic acids is 2. The van der Waals surface area contributed by atoms with E-state index in [1.165, 1.54) is 7.11 Å². The number of carbonyl (C=O) groups is 2. The third kappa shape index (κ3) is 5.16. The molecule has 0 saturated heterocycles. The molecule has 0 bridgehead atoms. The second-order valence-electron chi connectivity index (χ2n) is 3.48. The highest BCUT2D eigenvalue weighted by Gasteiger charge is 2.06. The van der Waals surface area contributed by atoms with Gasteiger partial charge in [-0.25, -0.2) is 0 Å². The van der Waals surface area contributed by atoms with E-state index in [9.17, 15) is 9.59 Å². The van der Waals surface area contributed by atoms with E-state index in [1.807, 2.05) is 0 Å². The number of amides is 1. The second-order valence-corrected chi connectivity index (χ2v) is 3.48. The Morgan fingerprint density at radius 3 is 2.39 bits per heavy atom. The summed E-state index contributed by atoms with van der Waals surface area (Å²) in [6.45, 7) is 0.717. The lowest BCUT2D eigenvalue weighted by Gasteiger charge is -2.05. The first kappa shape index (κ1) is 16.4. The molecule has 0 atom stereocenters. The van der Waals surface area contributed by atoms with E-state index in [2.05, 4.69) is 10.1 Å². The fraction of sp³-hybridized carbons (Fsp3) is 0.333. The third-order valence-electron chi connectivity index (χ3n) is 2.29. The summed E-state index contributed by atoms with van der Waals surface area (Å²) >= 11 is 0. The minimum absolute atomic E-state index is 0. The molecule has 1 aromatic carbocycles. The fourth-order valence-electron chi connectivity index (χ4n) is 1.27. The zero-order valence-electron chi connectivity index (χ0n) is 10.1. The average molecular weight is 273 g/mol. The van der Waals surface area contributed by atoms with Gasteiger partial charge >= 0.3 is 5.97 Å². The minimum Gasteiger partial charge on any atom is -0.469 e. The number of benzene rings is 1. The van der Waals surface area contributed by atoms with Gasteiger partial charge in [0.25, 0.3) is 5.91 Å². The van der Waals surface area contributed by atoms with Crippen LogP contribution in [-0.4, -0.2) is 25.5 Å². The maximum absolute atomic E-state index is 11.6. The molecule has 0 spiro atoms. The SMILES string of the molecule is COC(=O)CCNC(=O)c1ccc(CN)cc1.Cl. The van der Waals surface area contributed by atoms with Crippen LogP contribution < -0.4 is 11.1 Å². The third-order valence-corrected chi connectivity index (χ3v) is 2.29. The molecule has 3 N–H and O–H groups in total. The Kier molecular flexibility index (Phi) is 7.74. The molecule has 6 heteroatoms. The van der Waals surface area contributed by atoms with Gasteiger partial charge in [0.15, 0.2) is 0 Å². The molecule has 100 valence electrons. The van der Waals surface area contributed by atoms with E-state index in [0.29, 0.717) is 12.1 Å². The lowest BCUT2D eigenvalue weighted by Crippen LogP contribution is -2.26. The van der Waals surface area contributed by atoms with Gasteiger partial charge in [-0.1, -0.05) is 12.1 Å². The number of rotatable bonds is 5. The van der Waals surface area contributed by atoms with Crippen molar-refractivity contribution in [1.82, 2.24) is 5.32 Å². The highest BCUT2D eigenvalue weighted by Crippen LogP contribution is 2.03. The molecule has 1 amide bonds. The van der Waals surface area contributed by atoms with Crippen LogP contribution in [0.2, 0.25) is 0 Å². The van der Waals surface area contributed by atoms with Crippen LogP contribution in [0.1, 0.15) is 22.3 Å². The van der Waals surface area contributed by atoms with Crippen LogP contribution in [0.15, 0.2) is 24.3 Å². The van der Waals surface area contributed by atoms with Gasteiger partial charge in [-0.3, -0.25) is 9.59 Å². The molecule has 0 saturated carbocycles. The van der Waals surface area contributed by atoms with E-state index in [0.717, 1.165) is 5.56 Å². The first-order valence-corrected chi connectivity index (χ1v) is 5.31. The molecule has 5 nitrogen and oxygen atoms in total. The maximum Gasteiger partial charge on any atom is 0.307 e. The van der Waals surface area contributed by atoms with Gasteiger partial charge in [0.2, 0.25) is 0 Å². The van der Waals surface area contributed by atoms with Crippen LogP contribution in [0, 0.1) is 0 Å². The Morgan fingerprint density at radius 2 is 1.89 bits per heavy atom. The van der Waals surface area contributed by atoms with Crippen molar-refractivity contribution in [1.29, 1.82) is 0 Å². The summed E-state index contributed by atoms with van der Waals surface area (Å²) in [5, 5.41) is 2.63. The first-order valence-electron chi connectivity index (χ1n) is 5.31. The van der Waals surface area contributed by atoms with E-state index in [4.69, 9.17) is 5.73 Å². The number of halogens is 1. The van der Waals surface area contributed by atoms with Crippen molar-refractivity contribution in [2.24, 2.45) is 5.73 Å².